The van der Waals surface area contributed by atoms with Crippen LogP contribution in [0.5, 0.6) is 5.75 Å². The average molecular weight is 346 g/mol. The fourth-order valence-corrected chi connectivity index (χ4v) is 4.96. The van der Waals surface area contributed by atoms with Crippen LogP contribution < -0.4 is 5.73 Å². The first kappa shape index (κ1) is 15.4. The van der Waals surface area contributed by atoms with Crippen molar-refractivity contribution in [1.29, 1.82) is 0 Å². The minimum absolute atomic E-state index is 0.0345. The minimum atomic E-state index is -0.457. The number of carbonyl (C=O) groups is 1. The molecule has 1 aromatic carbocycles. The molecule has 0 radical (unpaired) electrons. The summed E-state index contributed by atoms with van der Waals surface area (Å²) in [6.07, 6.45) is 0. The first-order chi connectivity index (χ1) is 11.4. The molecule has 126 valence electrons. The maximum Gasteiger partial charge on any atom is 0.244 e. The molecule has 3 heterocycles. The third kappa shape index (κ3) is 2.11. The van der Waals surface area contributed by atoms with E-state index >= 15 is 0 Å². The van der Waals surface area contributed by atoms with E-state index in [0.717, 1.165) is 5.56 Å². The SMILES string of the molecule is CC1(C)SC2C(N)C(=O)N2C1c1nnnn1Cc1ccccc1O. The van der Waals surface area contributed by atoms with E-state index in [9.17, 15) is 9.90 Å². The van der Waals surface area contributed by atoms with Crippen molar-refractivity contribution in [3.05, 3.63) is 35.7 Å². The molecular formula is C15H18N6O2S. The third-order valence-electron chi connectivity index (χ3n) is 4.60. The van der Waals surface area contributed by atoms with Crippen LogP contribution in [0.1, 0.15) is 31.3 Å². The molecule has 2 saturated heterocycles. The third-order valence-corrected chi connectivity index (χ3v) is 6.19. The molecule has 3 N–H and O–H groups in total. The lowest BCUT2D eigenvalue weighted by Crippen LogP contribution is -2.65. The number of aromatic nitrogens is 4. The van der Waals surface area contributed by atoms with E-state index in [2.05, 4.69) is 29.4 Å². The number of thioether (sulfide) groups is 1. The topological polar surface area (TPSA) is 110 Å². The number of amides is 1. The standard InChI is InChI=1S/C15H18N6O2S/c1-15(2)11(21-13(23)10(16)14(21)24-15)12-17-18-19-20(12)7-8-5-3-4-6-9(8)22/h3-6,10-11,14,22H,7,16H2,1-2H3. The summed E-state index contributed by atoms with van der Waals surface area (Å²) >= 11 is 1.68. The predicted molar refractivity (Wildman–Crippen MR) is 88.0 cm³/mol. The van der Waals surface area contributed by atoms with E-state index in [-0.39, 0.29) is 27.8 Å². The number of benzene rings is 1. The van der Waals surface area contributed by atoms with Crippen LogP contribution in [-0.2, 0) is 11.3 Å². The van der Waals surface area contributed by atoms with Crippen molar-refractivity contribution >= 4 is 17.7 Å². The highest BCUT2D eigenvalue weighted by atomic mass is 32.2. The number of rotatable bonds is 3. The van der Waals surface area contributed by atoms with Gasteiger partial charge in [-0.15, -0.1) is 16.9 Å². The highest BCUT2D eigenvalue weighted by Gasteiger charge is 2.62. The van der Waals surface area contributed by atoms with Gasteiger partial charge in [-0.05, 0) is 30.3 Å². The van der Waals surface area contributed by atoms with E-state index in [1.807, 2.05) is 12.1 Å². The van der Waals surface area contributed by atoms with E-state index in [1.54, 1.807) is 33.5 Å². The normalized spacial score (nSPS) is 27.9. The average Bonchev–Trinajstić information content (AvgIpc) is 3.09. The summed E-state index contributed by atoms with van der Waals surface area (Å²) in [5.74, 6) is 0.734. The Balaban J connectivity index is 1.70. The van der Waals surface area contributed by atoms with Crippen LogP contribution in [0.25, 0.3) is 0 Å². The Morgan fingerprint density at radius 1 is 1.38 bits per heavy atom. The van der Waals surface area contributed by atoms with Crippen LogP contribution in [0.2, 0.25) is 0 Å². The molecular weight excluding hydrogens is 328 g/mol. The molecule has 0 aliphatic carbocycles. The summed E-state index contributed by atoms with van der Waals surface area (Å²) in [5, 5.41) is 22.0. The Hall–Kier alpha value is -2.13. The summed E-state index contributed by atoms with van der Waals surface area (Å²) < 4.78 is 1.39. The number of phenolic OH excluding ortho intramolecular Hbond substituents is 1. The number of aromatic hydroxyl groups is 1. The summed E-state index contributed by atoms with van der Waals surface area (Å²) in [6.45, 7) is 4.48. The van der Waals surface area contributed by atoms with E-state index in [4.69, 9.17) is 5.73 Å². The van der Waals surface area contributed by atoms with Crippen LogP contribution in [0.3, 0.4) is 0 Å². The van der Waals surface area contributed by atoms with Crippen molar-refractivity contribution in [3.63, 3.8) is 0 Å². The van der Waals surface area contributed by atoms with Crippen LogP contribution in [0.15, 0.2) is 24.3 Å². The smallest absolute Gasteiger partial charge is 0.244 e. The number of hydrogen-bond donors (Lipinski definition) is 2. The van der Waals surface area contributed by atoms with Gasteiger partial charge < -0.3 is 15.7 Å². The summed E-state index contributed by atoms with van der Waals surface area (Å²) in [6, 6.07) is 6.36. The molecule has 0 saturated carbocycles. The molecule has 4 rings (SSSR count). The lowest BCUT2D eigenvalue weighted by Gasteiger charge is -2.42. The lowest BCUT2D eigenvalue weighted by atomic mass is 9.95. The number of β-lactam (4-membered cyclic amide) rings is 1. The van der Waals surface area contributed by atoms with Crippen molar-refractivity contribution in [2.75, 3.05) is 0 Å². The number of hydrogen-bond acceptors (Lipinski definition) is 7. The van der Waals surface area contributed by atoms with Gasteiger partial charge in [0.05, 0.1) is 6.54 Å². The number of phenols is 1. The first-order valence-electron chi connectivity index (χ1n) is 7.68. The Morgan fingerprint density at radius 3 is 2.88 bits per heavy atom. The summed E-state index contributed by atoms with van der Waals surface area (Å²) in [4.78, 5) is 14.0. The van der Waals surface area contributed by atoms with E-state index < -0.39 is 6.04 Å². The van der Waals surface area contributed by atoms with Crippen LogP contribution >= 0.6 is 11.8 Å². The van der Waals surface area contributed by atoms with Gasteiger partial charge in [-0.3, -0.25) is 4.79 Å². The van der Waals surface area contributed by atoms with Crippen molar-refractivity contribution in [2.24, 2.45) is 5.73 Å². The number of fused-ring (bicyclic) bond motifs is 1. The molecule has 2 fully saturated rings. The quantitative estimate of drug-likeness (QED) is 0.778. The molecule has 2 aliphatic rings. The van der Waals surface area contributed by atoms with Crippen molar-refractivity contribution < 1.29 is 9.90 Å². The van der Waals surface area contributed by atoms with E-state index in [1.165, 1.54) is 0 Å². The second-order valence-electron chi connectivity index (χ2n) is 6.61. The van der Waals surface area contributed by atoms with Gasteiger partial charge in [-0.25, -0.2) is 4.68 Å². The lowest BCUT2D eigenvalue weighted by molar-refractivity contribution is -0.147. The molecule has 0 spiro atoms. The molecule has 9 heteroatoms. The Bertz CT molecular complexity index is 807. The maximum atomic E-state index is 12.2. The van der Waals surface area contributed by atoms with Crippen molar-refractivity contribution in [2.45, 2.75) is 42.6 Å². The second-order valence-corrected chi connectivity index (χ2v) is 8.38. The summed E-state index contributed by atoms with van der Waals surface area (Å²) in [5.41, 5.74) is 6.64. The highest BCUT2D eigenvalue weighted by Crippen LogP contribution is 2.56. The number of nitrogens with zero attached hydrogens (tertiary/aromatic N) is 5. The zero-order chi connectivity index (χ0) is 17.1. The monoisotopic (exact) mass is 346 g/mol. The first-order valence-corrected chi connectivity index (χ1v) is 8.56. The fourth-order valence-electron chi connectivity index (χ4n) is 3.39. The van der Waals surface area contributed by atoms with Crippen LogP contribution in [0, 0.1) is 0 Å². The Labute approximate surface area is 143 Å². The molecule has 2 aromatic rings. The molecule has 24 heavy (non-hydrogen) atoms. The molecule has 3 atom stereocenters. The Morgan fingerprint density at radius 2 is 2.12 bits per heavy atom. The zero-order valence-electron chi connectivity index (χ0n) is 13.3. The number of tetrazole rings is 1. The molecule has 0 bridgehead atoms. The van der Waals surface area contributed by atoms with Gasteiger partial charge >= 0.3 is 0 Å². The van der Waals surface area contributed by atoms with E-state index in [0.29, 0.717) is 12.4 Å². The van der Waals surface area contributed by atoms with Crippen molar-refractivity contribution in [1.82, 2.24) is 25.1 Å². The van der Waals surface area contributed by atoms with Gasteiger partial charge in [-0.2, -0.15) is 0 Å². The largest absolute Gasteiger partial charge is 0.508 e. The van der Waals surface area contributed by atoms with Gasteiger partial charge in [0.15, 0.2) is 5.82 Å². The van der Waals surface area contributed by atoms with Crippen LogP contribution in [0.4, 0.5) is 0 Å². The minimum Gasteiger partial charge on any atom is -0.508 e. The molecule has 1 amide bonds. The highest BCUT2D eigenvalue weighted by molar-refractivity contribution is 8.01. The molecule has 2 aliphatic heterocycles. The predicted octanol–water partition coefficient (Wildman–Crippen LogP) is 0.489. The Kier molecular flexibility index (Phi) is 3.33. The molecule has 1 aromatic heterocycles. The van der Waals surface area contributed by atoms with Gasteiger partial charge in [0.2, 0.25) is 5.91 Å². The number of para-hydroxylation sites is 1. The van der Waals surface area contributed by atoms with Gasteiger partial charge in [0, 0.05) is 10.3 Å². The van der Waals surface area contributed by atoms with Gasteiger partial charge in [0.25, 0.3) is 0 Å². The number of nitrogens with two attached hydrogens (primary N) is 1. The molecule has 8 nitrogen and oxygen atoms in total. The van der Waals surface area contributed by atoms with Crippen LogP contribution in [-0.4, -0.2) is 52.3 Å². The summed E-state index contributed by atoms with van der Waals surface area (Å²) in [7, 11) is 0. The van der Waals surface area contributed by atoms with Gasteiger partial charge in [0.1, 0.15) is 23.2 Å². The second kappa shape index (κ2) is 5.18. The zero-order valence-corrected chi connectivity index (χ0v) is 14.1. The van der Waals surface area contributed by atoms with Gasteiger partial charge in [-0.1, -0.05) is 18.2 Å². The van der Waals surface area contributed by atoms with Crippen molar-refractivity contribution in [3.8, 4) is 5.75 Å². The number of carbonyl (C=O) groups excluding carboxylic acids is 1. The maximum absolute atomic E-state index is 12.2. The molecule has 3 unspecified atom stereocenters. The fraction of sp³-hybridized carbons (Fsp3) is 0.467.